The van der Waals surface area contributed by atoms with Crippen LogP contribution in [0.1, 0.15) is 24.0 Å². The molecule has 140 valence electrons. The maximum Gasteiger partial charge on any atom is 0.193 e. The first-order valence-electron chi connectivity index (χ1n) is 8.83. The first kappa shape index (κ1) is 20.3. The molecule has 0 amide bonds. The van der Waals surface area contributed by atoms with E-state index in [1.807, 2.05) is 7.05 Å². The van der Waals surface area contributed by atoms with Crippen molar-refractivity contribution in [2.45, 2.75) is 26.3 Å². The molecule has 1 atom stereocenters. The lowest BCUT2D eigenvalue weighted by Crippen LogP contribution is -2.41. The Morgan fingerprint density at radius 3 is 2.80 bits per heavy atom. The Balaban J connectivity index is 0.00000225. The number of anilines is 1. The van der Waals surface area contributed by atoms with Crippen molar-refractivity contribution in [2.24, 2.45) is 10.4 Å². The van der Waals surface area contributed by atoms with E-state index in [0.29, 0.717) is 5.41 Å². The summed E-state index contributed by atoms with van der Waals surface area (Å²) in [6, 6.07) is 6.62. The number of likely N-dealkylation sites (tertiary alicyclic amines) is 1. The fourth-order valence-electron chi connectivity index (χ4n) is 3.83. The largest absolute Gasteiger partial charge is 0.381 e. The first-order valence-corrected chi connectivity index (χ1v) is 8.83. The Labute approximate surface area is 168 Å². The average Bonchev–Trinajstić information content (AvgIpc) is 3.19. The topological polar surface area (TPSA) is 40.1 Å². The van der Waals surface area contributed by atoms with Gasteiger partial charge in [0.25, 0.3) is 0 Å². The molecule has 1 aromatic rings. The average molecular weight is 458 g/mol. The second-order valence-corrected chi connectivity index (χ2v) is 7.40. The third-order valence-electron chi connectivity index (χ3n) is 5.29. The number of rotatable bonds is 3. The maximum absolute atomic E-state index is 5.63. The van der Waals surface area contributed by atoms with Gasteiger partial charge in [0.15, 0.2) is 5.96 Å². The van der Waals surface area contributed by atoms with Gasteiger partial charge in [0.05, 0.1) is 6.61 Å². The van der Waals surface area contributed by atoms with Gasteiger partial charge in [-0.05, 0) is 37.0 Å². The number of aliphatic imine (C=N–C) groups is 1. The summed E-state index contributed by atoms with van der Waals surface area (Å²) in [5.74, 6) is 1.00. The van der Waals surface area contributed by atoms with E-state index in [2.05, 4.69) is 59.3 Å². The first-order chi connectivity index (χ1) is 11.5. The second-order valence-electron chi connectivity index (χ2n) is 7.40. The van der Waals surface area contributed by atoms with Crippen LogP contribution in [0.4, 0.5) is 5.69 Å². The summed E-state index contributed by atoms with van der Waals surface area (Å²) >= 11 is 0. The Morgan fingerprint density at radius 1 is 1.36 bits per heavy atom. The summed E-state index contributed by atoms with van der Waals surface area (Å²) in [5.41, 5.74) is 4.20. The van der Waals surface area contributed by atoms with Gasteiger partial charge >= 0.3 is 0 Å². The van der Waals surface area contributed by atoms with Crippen LogP contribution >= 0.6 is 24.0 Å². The number of nitrogens with zero attached hydrogens (tertiary/aromatic N) is 3. The van der Waals surface area contributed by atoms with Crippen molar-refractivity contribution < 1.29 is 4.74 Å². The van der Waals surface area contributed by atoms with Crippen molar-refractivity contribution in [1.29, 1.82) is 0 Å². The number of guanidine groups is 1. The molecule has 6 heteroatoms. The third-order valence-corrected chi connectivity index (χ3v) is 5.29. The minimum atomic E-state index is 0. The molecule has 0 aliphatic carbocycles. The summed E-state index contributed by atoms with van der Waals surface area (Å²) in [7, 11) is 6.06. The predicted molar refractivity (Wildman–Crippen MR) is 115 cm³/mol. The second kappa shape index (κ2) is 8.58. The highest BCUT2D eigenvalue weighted by molar-refractivity contribution is 14.0. The summed E-state index contributed by atoms with van der Waals surface area (Å²) in [5, 5.41) is 3.56. The minimum Gasteiger partial charge on any atom is -0.381 e. The zero-order chi connectivity index (χ0) is 17.2. The molecule has 2 heterocycles. The number of ether oxygens (including phenoxy) is 1. The molecule has 2 fully saturated rings. The molecule has 2 aliphatic heterocycles. The molecule has 5 nitrogen and oxygen atoms in total. The number of nitrogens with one attached hydrogen (secondary N) is 1. The molecule has 1 N–H and O–H groups in total. The standard InChI is InChI=1S/C19H30N4O.HI/c1-15-5-6-16(17(11-15)22(3)4)12-21-18(20-2)23-9-7-19(13-23)8-10-24-14-19;/h5-6,11H,7-10,12-14H2,1-4H3,(H,20,21);1H. The molecular formula is C19H31IN4O. The van der Waals surface area contributed by atoms with E-state index in [0.717, 1.165) is 38.8 Å². The SMILES string of the molecule is CN=C(NCc1ccc(C)cc1N(C)C)N1CCC2(CCOC2)C1.I. The molecule has 0 aromatic heterocycles. The molecule has 2 saturated heterocycles. The lowest BCUT2D eigenvalue weighted by atomic mass is 9.87. The van der Waals surface area contributed by atoms with Crippen LogP contribution in [0.3, 0.4) is 0 Å². The third kappa shape index (κ3) is 4.58. The Kier molecular flexibility index (Phi) is 6.96. The summed E-state index contributed by atoms with van der Waals surface area (Å²) in [4.78, 5) is 9.07. The smallest absolute Gasteiger partial charge is 0.193 e. The van der Waals surface area contributed by atoms with Gasteiger partial charge in [-0.1, -0.05) is 12.1 Å². The van der Waals surface area contributed by atoms with Crippen LogP contribution in [0.5, 0.6) is 0 Å². The molecule has 0 radical (unpaired) electrons. The van der Waals surface area contributed by atoms with Crippen LogP contribution < -0.4 is 10.2 Å². The summed E-state index contributed by atoms with van der Waals surface area (Å²) in [6.45, 7) is 6.87. The van der Waals surface area contributed by atoms with Crippen LogP contribution in [-0.2, 0) is 11.3 Å². The molecule has 1 spiro atoms. The molecular weight excluding hydrogens is 427 g/mol. The van der Waals surface area contributed by atoms with Gasteiger partial charge in [-0.25, -0.2) is 0 Å². The molecule has 2 aliphatic rings. The number of aryl methyl sites for hydroxylation is 1. The Bertz CT molecular complexity index is 611. The van der Waals surface area contributed by atoms with Crippen molar-refractivity contribution in [1.82, 2.24) is 10.2 Å². The van der Waals surface area contributed by atoms with Gasteiger partial charge in [-0.2, -0.15) is 0 Å². The van der Waals surface area contributed by atoms with Crippen molar-refractivity contribution in [2.75, 3.05) is 52.3 Å². The Hall–Kier alpha value is -1.02. The molecule has 25 heavy (non-hydrogen) atoms. The predicted octanol–water partition coefficient (Wildman–Crippen LogP) is 2.87. The van der Waals surface area contributed by atoms with E-state index in [9.17, 15) is 0 Å². The van der Waals surface area contributed by atoms with E-state index < -0.39 is 0 Å². The van der Waals surface area contributed by atoms with E-state index in [1.165, 1.54) is 29.7 Å². The van der Waals surface area contributed by atoms with Crippen molar-refractivity contribution in [3.8, 4) is 0 Å². The zero-order valence-electron chi connectivity index (χ0n) is 15.8. The highest BCUT2D eigenvalue weighted by Gasteiger charge is 2.42. The Morgan fingerprint density at radius 2 is 2.16 bits per heavy atom. The van der Waals surface area contributed by atoms with Crippen molar-refractivity contribution in [3.63, 3.8) is 0 Å². The van der Waals surface area contributed by atoms with Crippen LogP contribution in [0, 0.1) is 12.3 Å². The highest BCUT2D eigenvalue weighted by atomic mass is 127. The molecule has 1 aromatic carbocycles. The molecule has 1 unspecified atom stereocenters. The van der Waals surface area contributed by atoms with Gasteiger partial charge in [-0.3, -0.25) is 4.99 Å². The molecule has 0 bridgehead atoms. The van der Waals surface area contributed by atoms with Crippen LogP contribution in [-0.4, -0.2) is 58.3 Å². The number of halogens is 1. The number of hydrogen-bond donors (Lipinski definition) is 1. The van der Waals surface area contributed by atoms with E-state index >= 15 is 0 Å². The van der Waals surface area contributed by atoms with Gasteiger partial charge < -0.3 is 19.9 Å². The number of hydrogen-bond acceptors (Lipinski definition) is 3. The van der Waals surface area contributed by atoms with Crippen LogP contribution in [0.25, 0.3) is 0 Å². The quantitative estimate of drug-likeness (QED) is 0.430. The summed E-state index contributed by atoms with van der Waals surface area (Å²) in [6.07, 6.45) is 2.39. The fourth-order valence-corrected chi connectivity index (χ4v) is 3.83. The molecule has 0 saturated carbocycles. The number of benzene rings is 1. The van der Waals surface area contributed by atoms with Crippen molar-refractivity contribution in [3.05, 3.63) is 29.3 Å². The van der Waals surface area contributed by atoms with E-state index in [1.54, 1.807) is 0 Å². The monoisotopic (exact) mass is 458 g/mol. The van der Waals surface area contributed by atoms with Crippen LogP contribution in [0.2, 0.25) is 0 Å². The fraction of sp³-hybridized carbons (Fsp3) is 0.632. The van der Waals surface area contributed by atoms with Crippen molar-refractivity contribution >= 4 is 35.6 Å². The molecule has 3 rings (SSSR count). The highest BCUT2D eigenvalue weighted by Crippen LogP contribution is 2.38. The lowest BCUT2D eigenvalue weighted by molar-refractivity contribution is 0.156. The normalized spacial score (nSPS) is 23.0. The van der Waals surface area contributed by atoms with Gasteiger partial charge in [0.2, 0.25) is 0 Å². The maximum atomic E-state index is 5.63. The van der Waals surface area contributed by atoms with E-state index in [-0.39, 0.29) is 24.0 Å². The van der Waals surface area contributed by atoms with E-state index in [4.69, 9.17) is 4.74 Å². The zero-order valence-corrected chi connectivity index (χ0v) is 18.2. The van der Waals surface area contributed by atoms with Crippen LogP contribution in [0.15, 0.2) is 23.2 Å². The van der Waals surface area contributed by atoms with Gasteiger partial charge in [0, 0.05) is 58.5 Å². The minimum absolute atomic E-state index is 0. The summed E-state index contributed by atoms with van der Waals surface area (Å²) < 4.78 is 5.63. The lowest BCUT2D eigenvalue weighted by Gasteiger charge is -2.26. The van der Waals surface area contributed by atoms with Gasteiger partial charge in [-0.15, -0.1) is 24.0 Å². The van der Waals surface area contributed by atoms with Gasteiger partial charge in [0.1, 0.15) is 0 Å².